The second-order valence-electron chi connectivity index (χ2n) is 8.08. The fraction of sp³-hybridized carbons (Fsp3) is 0.600. The molecule has 1 saturated carbocycles. The molecule has 7 nitrogen and oxygen atoms in total. The summed E-state index contributed by atoms with van der Waals surface area (Å²) in [5, 5.41) is 10.0. The number of oxazole rings is 1. The maximum Gasteiger partial charge on any atom is 0.319 e. The van der Waals surface area contributed by atoms with Gasteiger partial charge in [0.15, 0.2) is 5.58 Å². The van der Waals surface area contributed by atoms with E-state index >= 15 is 0 Å². The van der Waals surface area contributed by atoms with Crippen LogP contribution in [0.25, 0.3) is 11.1 Å². The van der Waals surface area contributed by atoms with Gasteiger partial charge in [0.05, 0.1) is 29.4 Å². The number of fused-ring (bicyclic) bond motifs is 4. The first kappa shape index (κ1) is 18.2. The lowest BCUT2D eigenvalue weighted by Crippen LogP contribution is -2.52. The van der Waals surface area contributed by atoms with Gasteiger partial charge in [-0.05, 0) is 31.7 Å². The number of urea groups is 1. The van der Waals surface area contributed by atoms with Crippen LogP contribution < -0.4 is 16.0 Å². The summed E-state index contributed by atoms with van der Waals surface area (Å²) in [4.78, 5) is 17.0. The van der Waals surface area contributed by atoms with Gasteiger partial charge in [-0.3, -0.25) is 0 Å². The van der Waals surface area contributed by atoms with Crippen molar-refractivity contribution in [1.29, 1.82) is 0 Å². The highest BCUT2D eigenvalue weighted by molar-refractivity contribution is 6.35. The Kier molecular flexibility index (Phi) is 4.69. The molecule has 8 heteroatoms. The highest BCUT2D eigenvalue weighted by atomic mass is 35.5. The van der Waals surface area contributed by atoms with Gasteiger partial charge >= 0.3 is 6.03 Å². The largest absolute Gasteiger partial charge is 0.439 e. The number of hydrogen-bond donors (Lipinski definition) is 3. The van der Waals surface area contributed by atoms with E-state index in [1.165, 1.54) is 6.42 Å². The third-order valence-corrected chi connectivity index (χ3v) is 6.45. The maximum absolute atomic E-state index is 12.3. The summed E-state index contributed by atoms with van der Waals surface area (Å²) in [5.74, 6) is 0.632. The van der Waals surface area contributed by atoms with Crippen LogP contribution >= 0.6 is 11.6 Å². The van der Waals surface area contributed by atoms with Crippen molar-refractivity contribution in [3.05, 3.63) is 22.5 Å². The molecule has 2 aliphatic heterocycles. The highest BCUT2D eigenvalue weighted by Crippen LogP contribution is 2.48. The first-order valence-electron chi connectivity index (χ1n) is 10.2. The van der Waals surface area contributed by atoms with E-state index in [9.17, 15) is 4.79 Å². The average Bonchev–Trinajstić information content (AvgIpc) is 3.10. The van der Waals surface area contributed by atoms with Crippen LogP contribution in [0.1, 0.15) is 56.4 Å². The molecule has 0 radical (unpaired) electrons. The molecule has 2 fully saturated rings. The van der Waals surface area contributed by atoms with Gasteiger partial charge in [-0.15, -0.1) is 0 Å². The zero-order chi connectivity index (χ0) is 19.1. The van der Waals surface area contributed by atoms with Crippen LogP contribution in [-0.2, 0) is 16.8 Å². The van der Waals surface area contributed by atoms with E-state index in [1.54, 1.807) is 6.07 Å². The lowest BCUT2D eigenvalue weighted by Gasteiger charge is -2.42. The first-order chi connectivity index (χ1) is 13.6. The first-order valence-corrected chi connectivity index (χ1v) is 10.6. The zero-order valence-electron chi connectivity index (χ0n) is 15.8. The van der Waals surface area contributed by atoms with Gasteiger partial charge in [0.25, 0.3) is 0 Å². The van der Waals surface area contributed by atoms with E-state index in [-0.39, 0.29) is 6.03 Å². The SMILES string of the molecule is O=C1Nc2c(Cl)cc3nc(CN[C@H]4CCCOC4)oc3c2C2(CCCCC2)N1. The van der Waals surface area contributed by atoms with Crippen LogP contribution in [-0.4, -0.2) is 30.3 Å². The summed E-state index contributed by atoms with van der Waals surface area (Å²) in [6, 6.07) is 1.91. The Bertz CT molecular complexity index is 900. The highest BCUT2D eigenvalue weighted by Gasteiger charge is 2.44. The lowest BCUT2D eigenvalue weighted by atomic mass is 9.74. The van der Waals surface area contributed by atoms with Gasteiger partial charge in [-0.1, -0.05) is 30.9 Å². The molecule has 1 spiro atoms. The van der Waals surface area contributed by atoms with Gasteiger partial charge in [-0.25, -0.2) is 9.78 Å². The number of nitrogens with zero attached hydrogens (tertiary/aromatic N) is 1. The van der Waals surface area contributed by atoms with Crippen LogP contribution in [0.5, 0.6) is 0 Å². The molecule has 1 aliphatic carbocycles. The molecule has 2 amide bonds. The Balaban J connectivity index is 1.52. The molecule has 5 rings (SSSR count). The standard InChI is InChI=1S/C20H25ClN4O3/c21-13-9-14-18(28-15(23-14)10-22-12-5-4-8-27-11-12)16-17(13)24-19(26)25-20(16)6-2-1-3-7-20/h9,12,22H,1-8,10-11H2,(H2,24,25,26)/t12-/m0/s1. The predicted molar refractivity (Wildman–Crippen MR) is 107 cm³/mol. The molecule has 1 atom stereocenters. The third kappa shape index (κ3) is 3.15. The minimum absolute atomic E-state index is 0.200. The fourth-order valence-electron chi connectivity index (χ4n) is 4.82. The summed E-state index contributed by atoms with van der Waals surface area (Å²) >= 11 is 6.54. The molecule has 3 aliphatic rings. The Morgan fingerprint density at radius 2 is 2.14 bits per heavy atom. The van der Waals surface area contributed by atoms with Crippen molar-refractivity contribution in [1.82, 2.24) is 15.6 Å². The molecular formula is C20H25ClN4O3. The van der Waals surface area contributed by atoms with E-state index in [0.717, 1.165) is 68.4 Å². The summed E-state index contributed by atoms with van der Waals surface area (Å²) in [6.07, 6.45) is 7.25. The smallest absolute Gasteiger partial charge is 0.319 e. The lowest BCUT2D eigenvalue weighted by molar-refractivity contribution is 0.0692. The molecule has 28 heavy (non-hydrogen) atoms. The number of carbonyl (C=O) groups is 1. The third-order valence-electron chi connectivity index (χ3n) is 6.16. The maximum atomic E-state index is 12.3. The minimum Gasteiger partial charge on any atom is -0.439 e. The Hall–Kier alpha value is -1.83. The molecule has 0 bridgehead atoms. The molecule has 150 valence electrons. The number of hydrogen-bond acceptors (Lipinski definition) is 5. The van der Waals surface area contributed by atoms with Gasteiger partial charge in [0, 0.05) is 18.2 Å². The Morgan fingerprint density at radius 3 is 2.93 bits per heavy atom. The van der Waals surface area contributed by atoms with Gasteiger partial charge in [0.1, 0.15) is 5.52 Å². The number of benzene rings is 1. The second kappa shape index (κ2) is 7.21. The monoisotopic (exact) mass is 404 g/mol. The molecule has 1 saturated heterocycles. The van der Waals surface area contributed by atoms with Gasteiger partial charge in [-0.2, -0.15) is 0 Å². The molecular weight excluding hydrogens is 380 g/mol. The van der Waals surface area contributed by atoms with Crippen molar-refractivity contribution >= 4 is 34.4 Å². The fourth-order valence-corrected chi connectivity index (χ4v) is 5.07. The van der Waals surface area contributed by atoms with Crippen molar-refractivity contribution in [2.75, 3.05) is 18.5 Å². The van der Waals surface area contributed by atoms with Crippen LogP contribution in [0.15, 0.2) is 10.5 Å². The number of carbonyl (C=O) groups excluding carboxylic acids is 1. The summed E-state index contributed by atoms with van der Waals surface area (Å²) in [6.45, 7) is 2.11. The molecule has 0 unspecified atom stereocenters. The van der Waals surface area contributed by atoms with Crippen LogP contribution in [0.4, 0.5) is 10.5 Å². The molecule has 3 N–H and O–H groups in total. The molecule has 2 aromatic rings. The molecule has 3 heterocycles. The summed E-state index contributed by atoms with van der Waals surface area (Å²) in [5.41, 5.74) is 2.65. The number of aromatic nitrogens is 1. The Morgan fingerprint density at radius 1 is 1.29 bits per heavy atom. The topological polar surface area (TPSA) is 88.4 Å². The van der Waals surface area contributed by atoms with E-state index in [1.807, 2.05) is 0 Å². The number of anilines is 1. The van der Waals surface area contributed by atoms with Crippen LogP contribution in [0.2, 0.25) is 5.02 Å². The Labute approximate surface area is 168 Å². The van der Waals surface area contributed by atoms with Crippen molar-refractivity contribution < 1.29 is 13.9 Å². The normalized spacial score (nSPS) is 24.0. The van der Waals surface area contributed by atoms with Crippen LogP contribution in [0, 0.1) is 0 Å². The van der Waals surface area contributed by atoms with Gasteiger partial charge in [0.2, 0.25) is 5.89 Å². The van der Waals surface area contributed by atoms with Crippen molar-refractivity contribution in [2.24, 2.45) is 0 Å². The second-order valence-corrected chi connectivity index (χ2v) is 8.49. The van der Waals surface area contributed by atoms with Crippen molar-refractivity contribution in [2.45, 2.75) is 63.1 Å². The van der Waals surface area contributed by atoms with Crippen molar-refractivity contribution in [3.8, 4) is 0 Å². The number of nitrogens with one attached hydrogen (secondary N) is 3. The molecule has 1 aromatic heterocycles. The van der Waals surface area contributed by atoms with Crippen molar-refractivity contribution in [3.63, 3.8) is 0 Å². The number of amides is 2. The number of ether oxygens (including phenoxy) is 1. The average molecular weight is 405 g/mol. The van der Waals surface area contributed by atoms with Crippen LogP contribution in [0.3, 0.4) is 0 Å². The van der Waals surface area contributed by atoms with Gasteiger partial charge < -0.3 is 25.1 Å². The minimum atomic E-state index is -0.430. The molecule has 1 aromatic carbocycles. The number of rotatable bonds is 3. The zero-order valence-corrected chi connectivity index (χ0v) is 16.5. The van der Waals surface area contributed by atoms with E-state index in [0.29, 0.717) is 29.2 Å². The predicted octanol–water partition coefficient (Wildman–Crippen LogP) is 4.04. The summed E-state index contributed by atoms with van der Waals surface area (Å²) in [7, 11) is 0. The quantitative estimate of drug-likeness (QED) is 0.718. The van der Waals surface area contributed by atoms with E-state index in [2.05, 4.69) is 20.9 Å². The summed E-state index contributed by atoms with van der Waals surface area (Å²) < 4.78 is 11.7. The van der Waals surface area contributed by atoms with E-state index < -0.39 is 5.54 Å². The van der Waals surface area contributed by atoms with E-state index in [4.69, 9.17) is 20.8 Å². The number of halogens is 1.